The third-order valence-electron chi connectivity index (χ3n) is 3.46. The van der Waals surface area contributed by atoms with E-state index in [9.17, 15) is 0 Å². The molecule has 2 N–H and O–H groups in total. The van der Waals surface area contributed by atoms with Gasteiger partial charge in [-0.15, -0.1) is 0 Å². The van der Waals surface area contributed by atoms with E-state index in [1.165, 1.54) is 76.4 Å². The Kier molecular flexibility index (Phi) is 15.6. The van der Waals surface area contributed by atoms with Gasteiger partial charge < -0.3 is 5.73 Å². The monoisotopic (exact) mass is 273 g/mol. The number of thioether (sulfide) groups is 1. The van der Waals surface area contributed by atoms with E-state index < -0.39 is 0 Å². The molecule has 0 rings (SSSR count). The molecule has 0 radical (unpaired) electrons. The van der Waals surface area contributed by atoms with Crippen LogP contribution < -0.4 is 5.73 Å². The van der Waals surface area contributed by atoms with Gasteiger partial charge in [0, 0.05) is 11.8 Å². The van der Waals surface area contributed by atoms with Crippen molar-refractivity contribution in [2.75, 3.05) is 11.5 Å². The molecule has 2 heteroatoms. The first-order valence-corrected chi connectivity index (χ1v) is 9.30. The molecule has 0 aromatic heterocycles. The van der Waals surface area contributed by atoms with Crippen molar-refractivity contribution in [3.8, 4) is 0 Å². The third-order valence-corrected chi connectivity index (χ3v) is 4.54. The van der Waals surface area contributed by atoms with Gasteiger partial charge in [0.1, 0.15) is 0 Å². The molecule has 0 aliphatic heterocycles. The number of hydrogen-bond donors (Lipinski definition) is 1. The maximum atomic E-state index is 6.05. The molecule has 0 aromatic carbocycles. The summed E-state index contributed by atoms with van der Waals surface area (Å²) < 4.78 is 0. The fourth-order valence-electron chi connectivity index (χ4n) is 2.25. The van der Waals surface area contributed by atoms with Crippen LogP contribution in [0, 0.1) is 0 Å². The Morgan fingerprint density at radius 2 is 1.28 bits per heavy atom. The first kappa shape index (κ1) is 18.3. The van der Waals surface area contributed by atoms with Crippen LogP contribution in [-0.2, 0) is 0 Å². The Morgan fingerprint density at radius 3 is 1.78 bits per heavy atom. The number of hydrogen-bond acceptors (Lipinski definition) is 2. The molecule has 0 saturated heterocycles. The van der Waals surface area contributed by atoms with E-state index in [0.29, 0.717) is 6.04 Å². The van der Waals surface area contributed by atoms with Crippen molar-refractivity contribution >= 4 is 11.8 Å². The lowest BCUT2D eigenvalue weighted by atomic mass is 10.0. The van der Waals surface area contributed by atoms with Gasteiger partial charge in [0.05, 0.1) is 0 Å². The smallest absolute Gasteiger partial charge is 0.0130 e. The van der Waals surface area contributed by atoms with Crippen molar-refractivity contribution in [2.24, 2.45) is 5.73 Å². The average Bonchev–Trinajstić information content (AvgIpc) is 2.38. The van der Waals surface area contributed by atoms with E-state index >= 15 is 0 Å². The Hall–Kier alpha value is 0.310. The topological polar surface area (TPSA) is 26.0 Å². The van der Waals surface area contributed by atoms with Crippen LogP contribution in [0.1, 0.15) is 84.5 Å². The highest BCUT2D eigenvalue weighted by atomic mass is 32.2. The number of unbranched alkanes of at least 4 members (excludes halogenated alkanes) is 9. The van der Waals surface area contributed by atoms with Crippen LogP contribution in [0.3, 0.4) is 0 Å². The second-order valence-electron chi connectivity index (χ2n) is 5.39. The predicted octanol–water partition coefficient (Wildman–Crippen LogP) is 5.38. The second-order valence-corrected chi connectivity index (χ2v) is 6.71. The highest BCUT2D eigenvalue weighted by Gasteiger charge is 2.01. The molecule has 0 fully saturated rings. The molecule has 1 atom stereocenters. The molecular formula is C16H35NS. The molecule has 0 heterocycles. The largest absolute Gasteiger partial charge is 0.327 e. The molecule has 110 valence electrons. The fourth-order valence-corrected chi connectivity index (χ4v) is 2.95. The molecule has 0 spiro atoms. The van der Waals surface area contributed by atoms with E-state index in [-0.39, 0.29) is 0 Å². The minimum Gasteiger partial charge on any atom is -0.327 e. The van der Waals surface area contributed by atoms with Crippen LogP contribution in [0.2, 0.25) is 0 Å². The molecule has 0 aliphatic rings. The van der Waals surface area contributed by atoms with Gasteiger partial charge in [-0.25, -0.2) is 0 Å². The Bertz CT molecular complexity index is 150. The average molecular weight is 274 g/mol. The van der Waals surface area contributed by atoms with Crippen molar-refractivity contribution in [2.45, 2.75) is 90.5 Å². The summed E-state index contributed by atoms with van der Waals surface area (Å²) in [5.41, 5.74) is 6.05. The summed E-state index contributed by atoms with van der Waals surface area (Å²) in [4.78, 5) is 0. The SMILES string of the molecule is CCCCCCCCCCCCC(N)CSCC. The van der Waals surface area contributed by atoms with Crippen LogP contribution >= 0.6 is 11.8 Å². The molecule has 18 heavy (non-hydrogen) atoms. The fraction of sp³-hybridized carbons (Fsp3) is 1.00. The van der Waals surface area contributed by atoms with Gasteiger partial charge in [0.15, 0.2) is 0 Å². The number of nitrogens with two attached hydrogens (primary N) is 1. The van der Waals surface area contributed by atoms with E-state index in [2.05, 4.69) is 13.8 Å². The predicted molar refractivity (Wildman–Crippen MR) is 87.4 cm³/mol. The molecular weight excluding hydrogens is 238 g/mol. The summed E-state index contributed by atoms with van der Waals surface area (Å²) in [7, 11) is 0. The van der Waals surface area contributed by atoms with Gasteiger partial charge in [0.2, 0.25) is 0 Å². The minimum absolute atomic E-state index is 0.434. The van der Waals surface area contributed by atoms with E-state index in [4.69, 9.17) is 5.73 Å². The van der Waals surface area contributed by atoms with Gasteiger partial charge >= 0.3 is 0 Å². The normalized spacial score (nSPS) is 12.8. The van der Waals surface area contributed by atoms with Crippen molar-refractivity contribution in [3.63, 3.8) is 0 Å². The summed E-state index contributed by atoms with van der Waals surface area (Å²) >= 11 is 1.97. The highest BCUT2D eigenvalue weighted by Crippen LogP contribution is 2.12. The molecule has 0 aliphatic carbocycles. The lowest BCUT2D eigenvalue weighted by Gasteiger charge is -2.10. The summed E-state index contributed by atoms with van der Waals surface area (Å²) in [6.07, 6.45) is 15.4. The summed E-state index contributed by atoms with van der Waals surface area (Å²) in [6.45, 7) is 4.49. The van der Waals surface area contributed by atoms with Gasteiger partial charge in [-0.1, -0.05) is 78.1 Å². The Morgan fingerprint density at radius 1 is 0.778 bits per heavy atom. The van der Waals surface area contributed by atoms with Crippen LogP contribution in [0.15, 0.2) is 0 Å². The lowest BCUT2D eigenvalue weighted by molar-refractivity contribution is 0.535. The third kappa shape index (κ3) is 14.4. The molecule has 0 bridgehead atoms. The maximum Gasteiger partial charge on any atom is 0.0130 e. The standard InChI is InChI=1S/C16H35NS/c1-3-5-6-7-8-9-10-11-12-13-14-16(17)15-18-4-2/h16H,3-15,17H2,1-2H3. The van der Waals surface area contributed by atoms with E-state index in [1.54, 1.807) is 0 Å². The molecule has 0 aromatic rings. The van der Waals surface area contributed by atoms with E-state index in [1.807, 2.05) is 11.8 Å². The first-order chi connectivity index (χ1) is 8.81. The zero-order valence-corrected chi connectivity index (χ0v) is 13.6. The van der Waals surface area contributed by atoms with Gasteiger partial charge in [-0.2, -0.15) is 11.8 Å². The van der Waals surface area contributed by atoms with Crippen molar-refractivity contribution in [1.82, 2.24) is 0 Å². The maximum absolute atomic E-state index is 6.05. The van der Waals surface area contributed by atoms with Crippen LogP contribution in [-0.4, -0.2) is 17.5 Å². The van der Waals surface area contributed by atoms with Gasteiger partial charge in [-0.05, 0) is 12.2 Å². The van der Waals surface area contributed by atoms with Crippen molar-refractivity contribution in [3.05, 3.63) is 0 Å². The van der Waals surface area contributed by atoms with Crippen molar-refractivity contribution in [1.29, 1.82) is 0 Å². The zero-order chi connectivity index (χ0) is 13.5. The van der Waals surface area contributed by atoms with Crippen LogP contribution in [0.4, 0.5) is 0 Å². The van der Waals surface area contributed by atoms with Crippen LogP contribution in [0.5, 0.6) is 0 Å². The molecule has 0 amide bonds. The quantitative estimate of drug-likeness (QED) is 0.430. The molecule has 1 unspecified atom stereocenters. The highest BCUT2D eigenvalue weighted by molar-refractivity contribution is 7.99. The summed E-state index contributed by atoms with van der Waals surface area (Å²) in [6, 6.07) is 0.434. The minimum atomic E-state index is 0.434. The van der Waals surface area contributed by atoms with Crippen molar-refractivity contribution < 1.29 is 0 Å². The molecule has 0 saturated carbocycles. The number of rotatable bonds is 14. The zero-order valence-electron chi connectivity index (χ0n) is 12.8. The van der Waals surface area contributed by atoms with E-state index in [0.717, 1.165) is 5.75 Å². The van der Waals surface area contributed by atoms with Crippen LogP contribution in [0.25, 0.3) is 0 Å². The Labute approximate surface area is 120 Å². The summed E-state index contributed by atoms with van der Waals surface area (Å²) in [5.74, 6) is 2.35. The summed E-state index contributed by atoms with van der Waals surface area (Å²) in [5, 5.41) is 0. The Balaban J connectivity index is 3.02. The second kappa shape index (κ2) is 15.4. The molecule has 1 nitrogen and oxygen atoms in total. The first-order valence-electron chi connectivity index (χ1n) is 8.14. The lowest BCUT2D eigenvalue weighted by Crippen LogP contribution is -2.22. The van der Waals surface area contributed by atoms with Gasteiger partial charge in [-0.3, -0.25) is 0 Å². The van der Waals surface area contributed by atoms with Gasteiger partial charge in [0.25, 0.3) is 0 Å².